The van der Waals surface area contributed by atoms with Crippen molar-refractivity contribution >= 4 is 41.7 Å². The van der Waals surface area contributed by atoms with Gasteiger partial charge in [0.25, 0.3) is 0 Å². The third-order valence-corrected chi connectivity index (χ3v) is 6.65. The lowest BCUT2D eigenvalue weighted by molar-refractivity contribution is 0.117. The van der Waals surface area contributed by atoms with Gasteiger partial charge >= 0.3 is 0 Å². The molecular weight excluding hydrogens is 421 g/mol. The van der Waals surface area contributed by atoms with Crippen LogP contribution in [0.15, 0.2) is 4.99 Å². The van der Waals surface area contributed by atoms with E-state index in [-0.39, 0.29) is 24.0 Å². The Kier molecular flexibility index (Phi) is 8.28. The first-order valence-corrected chi connectivity index (χ1v) is 10.1. The van der Waals surface area contributed by atoms with Crippen LogP contribution in [0, 0.1) is 0 Å². The van der Waals surface area contributed by atoms with Gasteiger partial charge in [0, 0.05) is 36.7 Å². The van der Waals surface area contributed by atoms with E-state index < -0.39 is 0 Å². The molecule has 6 heteroatoms. The molecule has 1 spiro atoms. The van der Waals surface area contributed by atoms with Crippen molar-refractivity contribution in [2.45, 2.75) is 62.7 Å². The Labute approximate surface area is 162 Å². The third kappa shape index (κ3) is 5.39. The van der Waals surface area contributed by atoms with Crippen molar-refractivity contribution in [3.8, 4) is 0 Å². The molecule has 3 fully saturated rings. The summed E-state index contributed by atoms with van der Waals surface area (Å²) in [5, 5.41) is 3.51. The van der Waals surface area contributed by atoms with Crippen molar-refractivity contribution in [1.82, 2.24) is 10.2 Å². The van der Waals surface area contributed by atoms with E-state index in [1.165, 1.54) is 57.2 Å². The van der Waals surface area contributed by atoms with Gasteiger partial charge in [-0.2, -0.15) is 11.8 Å². The van der Waals surface area contributed by atoms with Gasteiger partial charge in [-0.3, -0.25) is 4.99 Å². The molecule has 23 heavy (non-hydrogen) atoms. The molecule has 1 saturated carbocycles. The van der Waals surface area contributed by atoms with Crippen molar-refractivity contribution in [1.29, 1.82) is 0 Å². The quantitative estimate of drug-likeness (QED) is 0.403. The zero-order valence-corrected chi connectivity index (χ0v) is 17.5. The van der Waals surface area contributed by atoms with Crippen molar-refractivity contribution in [3.05, 3.63) is 0 Å². The number of halogens is 1. The molecule has 2 heterocycles. The van der Waals surface area contributed by atoms with E-state index in [1.807, 2.05) is 0 Å². The fourth-order valence-electron chi connectivity index (χ4n) is 3.93. The predicted octanol–water partition coefficient (Wildman–Crippen LogP) is 3.50. The second kappa shape index (κ2) is 9.70. The van der Waals surface area contributed by atoms with Crippen LogP contribution in [0.1, 0.15) is 51.9 Å². The topological polar surface area (TPSA) is 36.9 Å². The number of hydrogen-bond donors (Lipinski definition) is 1. The number of hydrogen-bond acceptors (Lipinski definition) is 3. The zero-order chi connectivity index (χ0) is 15.3. The maximum absolute atomic E-state index is 5.72. The summed E-state index contributed by atoms with van der Waals surface area (Å²) in [4.78, 5) is 7.41. The van der Waals surface area contributed by atoms with Crippen LogP contribution in [0.5, 0.6) is 0 Å². The Morgan fingerprint density at radius 2 is 2.13 bits per heavy atom. The Morgan fingerprint density at radius 3 is 2.83 bits per heavy atom. The molecule has 0 bridgehead atoms. The molecule has 1 N–H and O–H groups in total. The fraction of sp³-hybridized carbons (Fsp3) is 0.941. The number of ether oxygens (including phenoxy) is 1. The maximum atomic E-state index is 5.72. The summed E-state index contributed by atoms with van der Waals surface area (Å²) in [6.45, 7) is 7.15. The lowest BCUT2D eigenvalue weighted by atomic mass is 9.87. The van der Waals surface area contributed by atoms with E-state index in [1.54, 1.807) is 0 Å². The molecule has 0 aromatic heterocycles. The smallest absolute Gasteiger partial charge is 0.194 e. The maximum Gasteiger partial charge on any atom is 0.194 e. The van der Waals surface area contributed by atoms with Gasteiger partial charge in [-0.25, -0.2) is 0 Å². The van der Waals surface area contributed by atoms with E-state index in [4.69, 9.17) is 9.73 Å². The van der Waals surface area contributed by atoms with Crippen LogP contribution in [0.2, 0.25) is 0 Å². The highest BCUT2D eigenvalue weighted by Gasteiger charge is 2.38. The van der Waals surface area contributed by atoms with Crippen molar-refractivity contribution in [3.63, 3.8) is 0 Å². The summed E-state index contributed by atoms with van der Waals surface area (Å²) in [7, 11) is 0. The summed E-state index contributed by atoms with van der Waals surface area (Å²) in [5.74, 6) is 2.35. The molecule has 0 aromatic rings. The Hall–Kier alpha value is 0.310. The first-order valence-electron chi connectivity index (χ1n) is 9.10. The molecule has 2 saturated heterocycles. The summed E-state index contributed by atoms with van der Waals surface area (Å²) in [6, 6.07) is 0. The van der Waals surface area contributed by atoms with Crippen LogP contribution < -0.4 is 5.32 Å². The predicted molar refractivity (Wildman–Crippen MR) is 110 cm³/mol. The summed E-state index contributed by atoms with van der Waals surface area (Å²) < 4.78 is 6.22. The monoisotopic (exact) mass is 453 g/mol. The van der Waals surface area contributed by atoms with Crippen LogP contribution >= 0.6 is 35.7 Å². The highest BCUT2D eigenvalue weighted by atomic mass is 127. The Balaban J connectivity index is 0.00000192. The molecule has 0 radical (unpaired) electrons. The lowest BCUT2D eigenvalue weighted by Gasteiger charge is -2.45. The van der Waals surface area contributed by atoms with E-state index in [0.29, 0.717) is 10.9 Å². The molecule has 3 rings (SSSR count). The van der Waals surface area contributed by atoms with Gasteiger partial charge in [0.1, 0.15) is 0 Å². The molecule has 3 aliphatic rings. The molecule has 1 aliphatic carbocycles. The van der Waals surface area contributed by atoms with Crippen molar-refractivity contribution < 1.29 is 4.74 Å². The number of nitrogens with zero attached hydrogens (tertiary/aromatic N) is 2. The molecule has 1 unspecified atom stereocenters. The summed E-state index contributed by atoms with van der Waals surface area (Å²) in [5.41, 5.74) is 0. The van der Waals surface area contributed by atoms with Crippen LogP contribution in [0.25, 0.3) is 0 Å². The van der Waals surface area contributed by atoms with Gasteiger partial charge in [0.2, 0.25) is 0 Å². The molecule has 1 atom stereocenters. The van der Waals surface area contributed by atoms with E-state index in [0.717, 1.165) is 32.2 Å². The van der Waals surface area contributed by atoms with Gasteiger partial charge in [0.15, 0.2) is 5.96 Å². The van der Waals surface area contributed by atoms with Crippen LogP contribution in [0.3, 0.4) is 0 Å². The number of guanidine groups is 1. The van der Waals surface area contributed by atoms with Crippen LogP contribution in [-0.2, 0) is 4.74 Å². The second-order valence-electron chi connectivity index (χ2n) is 6.84. The highest BCUT2D eigenvalue weighted by molar-refractivity contribution is 14.0. The number of thioether (sulfide) groups is 1. The van der Waals surface area contributed by atoms with Crippen LogP contribution in [-0.4, -0.2) is 60.2 Å². The largest absolute Gasteiger partial charge is 0.376 e. The Morgan fingerprint density at radius 1 is 1.30 bits per heavy atom. The van der Waals surface area contributed by atoms with E-state index in [9.17, 15) is 0 Å². The average Bonchev–Trinajstić information content (AvgIpc) is 3.05. The summed E-state index contributed by atoms with van der Waals surface area (Å²) in [6.07, 6.45) is 9.72. The summed E-state index contributed by atoms with van der Waals surface area (Å²) >= 11 is 2.22. The van der Waals surface area contributed by atoms with Gasteiger partial charge in [-0.05, 0) is 32.6 Å². The first kappa shape index (κ1) is 19.6. The Bertz CT molecular complexity index is 377. The van der Waals surface area contributed by atoms with Crippen molar-refractivity contribution in [2.24, 2.45) is 4.99 Å². The minimum atomic E-state index is 0. The SMILES string of the molecule is CCNC(=NCC1CCCO1)N1CCSC2(CCCCC2)C1.I. The van der Waals surface area contributed by atoms with Gasteiger partial charge in [0.05, 0.1) is 12.6 Å². The minimum Gasteiger partial charge on any atom is -0.376 e. The minimum absolute atomic E-state index is 0. The molecule has 4 nitrogen and oxygen atoms in total. The number of aliphatic imine (C=N–C) groups is 1. The molecule has 2 aliphatic heterocycles. The average molecular weight is 453 g/mol. The molecule has 0 aromatic carbocycles. The second-order valence-corrected chi connectivity index (χ2v) is 8.41. The molecular formula is C17H32IN3OS. The van der Waals surface area contributed by atoms with Crippen molar-refractivity contribution in [2.75, 3.05) is 38.5 Å². The zero-order valence-electron chi connectivity index (χ0n) is 14.4. The normalized spacial score (nSPS) is 27.8. The number of rotatable bonds is 3. The molecule has 0 amide bonds. The van der Waals surface area contributed by atoms with E-state index in [2.05, 4.69) is 28.9 Å². The van der Waals surface area contributed by atoms with Crippen LogP contribution in [0.4, 0.5) is 0 Å². The lowest BCUT2D eigenvalue weighted by Crippen LogP contribution is -2.53. The third-order valence-electron chi connectivity index (χ3n) is 5.12. The standard InChI is InChI=1S/C17H31N3OS.HI/c1-2-18-16(19-13-15-7-6-11-21-15)20-10-12-22-17(14-20)8-4-3-5-9-17;/h15H,2-14H2,1H3,(H,18,19);1H. The number of nitrogens with one attached hydrogen (secondary N) is 1. The van der Waals surface area contributed by atoms with E-state index >= 15 is 0 Å². The van der Waals surface area contributed by atoms with Gasteiger partial charge in [-0.15, -0.1) is 24.0 Å². The first-order chi connectivity index (χ1) is 10.8. The van der Waals surface area contributed by atoms with Gasteiger partial charge in [-0.1, -0.05) is 19.3 Å². The van der Waals surface area contributed by atoms with Gasteiger partial charge < -0.3 is 15.0 Å². The highest BCUT2D eigenvalue weighted by Crippen LogP contribution is 2.42. The molecule has 134 valence electrons. The fourth-order valence-corrected chi connectivity index (χ4v) is 5.50.